The molecule has 1 saturated carbocycles. The number of hydrogen-bond donors (Lipinski definition) is 1. The van der Waals surface area contributed by atoms with E-state index in [-0.39, 0.29) is 18.6 Å². The van der Waals surface area contributed by atoms with Crippen molar-refractivity contribution in [3.8, 4) is 11.8 Å². The lowest BCUT2D eigenvalue weighted by molar-refractivity contribution is -0.124. The highest BCUT2D eigenvalue weighted by molar-refractivity contribution is 6.32. The van der Waals surface area contributed by atoms with E-state index >= 15 is 0 Å². The molecule has 0 atom stereocenters. The SMILES string of the molecule is N#Cc1ccc(OCC(=O)NC2CCN(C3CC3)CC2)c(Cl)c1. The first-order chi connectivity index (χ1) is 11.2. The van der Waals surface area contributed by atoms with Crippen molar-refractivity contribution < 1.29 is 9.53 Å². The summed E-state index contributed by atoms with van der Waals surface area (Å²) in [4.78, 5) is 14.5. The Kier molecular flexibility index (Phi) is 5.04. The highest BCUT2D eigenvalue weighted by Gasteiger charge is 2.32. The van der Waals surface area contributed by atoms with Gasteiger partial charge in [0.25, 0.3) is 5.91 Å². The first-order valence-electron chi connectivity index (χ1n) is 8.01. The molecule has 1 heterocycles. The predicted molar refractivity (Wildman–Crippen MR) is 87.4 cm³/mol. The van der Waals surface area contributed by atoms with Crippen LogP contribution in [0.4, 0.5) is 0 Å². The molecule has 2 fully saturated rings. The maximum atomic E-state index is 12.0. The smallest absolute Gasteiger partial charge is 0.258 e. The van der Waals surface area contributed by atoms with Gasteiger partial charge in [-0.2, -0.15) is 5.26 Å². The zero-order valence-electron chi connectivity index (χ0n) is 12.9. The fourth-order valence-electron chi connectivity index (χ4n) is 2.95. The van der Waals surface area contributed by atoms with Crippen LogP contribution < -0.4 is 10.1 Å². The molecule has 3 rings (SSSR count). The quantitative estimate of drug-likeness (QED) is 0.898. The van der Waals surface area contributed by atoms with E-state index in [9.17, 15) is 4.79 Å². The minimum absolute atomic E-state index is 0.0611. The van der Waals surface area contributed by atoms with Crippen LogP contribution in [0.3, 0.4) is 0 Å². The van der Waals surface area contributed by atoms with Gasteiger partial charge in [-0.05, 0) is 43.9 Å². The van der Waals surface area contributed by atoms with E-state index in [1.807, 2.05) is 6.07 Å². The summed E-state index contributed by atoms with van der Waals surface area (Å²) in [7, 11) is 0. The average Bonchev–Trinajstić information content (AvgIpc) is 3.39. The number of carbonyl (C=O) groups excluding carboxylic acids is 1. The van der Waals surface area contributed by atoms with Crippen LogP contribution in [0, 0.1) is 11.3 Å². The molecule has 2 aliphatic rings. The molecule has 5 nitrogen and oxygen atoms in total. The third-order valence-electron chi connectivity index (χ3n) is 4.38. The van der Waals surface area contributed by atoms with Crippen LogP contribution in [0.15, 0.2) is 18.2 Å². The van der Waals surface area contributed by atoms with Crippen molar-refractivity contribution >= 4 is 17.5 Å². The van der Waals surface area contributed by atoms with Crippen molar-refractivity contribution in [1.29, 1.82) is 5.26 Å². The topological polar surface area (TPSA) is 65.4 Å². The zero-order chi connectivity index (χ0) is 16.2. The summed E-state index contributed by atoms with van der Waals surface area (Å²) >= 11 is 6.02. The first-order valence-corrected chi connectivity index (χ1v) is 8.39. The summed E-state index contributed by atoms with van der Waals surface area (Å²) in [5, 5.41) is 12.2. The second-order valence-electron chi connectivity index (χ2n) is 6.15. The Bertz CT molecular complexity index is 617. The van der Waals surface area contributed by atoms with Gasteiger partial charge >= 0.3 is 0 Å². The Labute approximate surface area is 141 Å². The molecule has 6 heteroatoms. The van der Waals surface area contributed by atoms with Crippen molar-refractivity contribution in [3.63, 3.8) is 0 Å². The lowest BCUT2D eigenvalue weighted by Gasteiger charge is -2.32. The molecule has 0 radical (unpaired) electrons. The number of likely N-dealkylation sites (tertiary alicyclic amines) is 1. The van der Waals surface area contributed by atoms with E-state index in [4.69, 9.17) is 21.6 Å². The van der Waals surface area contributed by atoms with Gasteiger partial charge in [0, 0.05) is 25.2 Å². The van der Waals surface area contributed by atoms with Gasteiger partial charge in [0.05, 0.1) is 16.7 Å². The van der Waals surface area contributed by atoms with Crippen molar-refractivity contribution in [2.45, 2.75) is 37.8 Å². The van der Waals surface area contributed by atoms with E-state index < -0.39 is 0 Å². The largest absolute Gasteiger partial charge is 0.482 e. The summed E-state index contributed by atoms with van der Waals surface area (Å²) in [6.45, 7) is 2.07. The normalized spacial score (nSPS) is 19.1. The number of benzene rings is 1. The summed E-state index contributed by atoms with van der Waals surface area (Å²) in [5.41, 5.74) is 0.467. The van der Waals surface area contributed by atoms with Gasteiger partial charge in [-0.25, -0.2) is 0 Å². The van der Waals surface area contributed by atoms with E-state index in [0.717, 1.165) is 32.0 Å². The monoisotopic (exact) mass is 333 g/mol. The summed E-state index contributed by atoms with van der Waals surface area (Å²) < 4.78 is 5.45. The fraction of sp³-hybridized carbons (Fsp3) is 0.529. The number of nitrogens with zero attached hydrogens (tertiary/aromatic N) is 2. The maximum Gasteiger partial charge on any atom is 0.258 e. The molecule has 1 aliphatic carbocycles. The zero-order valence-corrected chi connectivity index (χ0v) is 13.7. The Morgan fingerprint density at radius 3 is 2.70 bits per heavy atom. The van der Waals surface area contributed by atoms with Crippen LogP contribution in [0.5, 0.6) is 5.75 Å². The number of piperidine rings is 1. The van der Waals surface area contributed by atoms with E-state index in [0.29, 0.717) is 16.3 Å². The third kappa shape index (κ3) is 4.37. The van der Waals surface area contributed by atoms with Gasteiger partial charge in [-0.3, -0.25) is 4.79 Å². The number of rotatable bonds is 5. The standard InChI is InChI=1S/C17H20ClN3O2/c18-15-9-12(10-19)1-4-16(15)23-11-17(22)20-13-5-7-21(8-6-13)14-2-3-14/h1,4,9,13-14H,2-3,5-8,11H2,(H,20,22). The molecule has 1 amide bonds. The predicted octanol–water partition coefficient (Wildman–Crippen LogP) is 2.33. The van der Waals surface area contributed by atoms with Gasteiger partial charge in [-0.15, -0.1) is 0 Å². The van der Waals surface area contributed by atoms with Gasteiger partial charge in [-0.1, -0.05) is 11.6 Å². The molecular weight excluding hydrogens is 314 g/mol. The molecule has 0 spiro atoms. The number of ether oxygens (including phenoxy) is 1. The summed E-state index contributed by atoms with van der Waals surface area (Å²) in [6, 6.07) is 7.80. The molecule has 0 bridgehead atoms. The number of halogens is 1. The molecule has 1 saturated heterocycles. The van der Waals surface area contributed by atoms with Crippen molar-refractivity contribution in [1.82, 2.24) is 10.2 Å². The molecule has 1 aliphatic heterocycles. The van der Waals surface area contributed by atoms with E-state index in [2.05, 4.69) is 10.2 Å². The minimum atomic E-state index is -0.129. The number of nitrogens with one attached hydrogen (secondary N) is 1. The second kappa shape index (κ2) is 7.20. The van der Waals surface area contributed by atoms with Gasteiger partial charge in [0.15, 0.2) is 6.61 Å². The van der Waals surface area contributed by atoms with E-state index in [1.165, 1.54) is 18.9 Å². The molecule has 122 valence electrons. The van der Waals surface area contributed by atoms with Crippen LogP contribution in [0.2, 0.25) is 5.02 Å². The van der Waals surface area contributed by atoms with Crippen molar-refractivity contribution in [2.24, 2.45) is 0 Å². The number of nitriles is 1. The molecule has 1 aromatic carbocycles. The third-order valence-corrected chi connectivity index (χ3v) is 4.67. The highest BCUT2D eigenvalue weighted by atomic mass is 35.5. The molecule has 23 heavy (non-hydrogen) atoms. The molecular formula is C17H20ClN3O2. The van der Waals surface area contributed by atoms with Crippen LogP contribution in [0.1, 0.15) is 31.2 Å². The summed E-state index contributed by atoms with van der Waals surface area (Å²) in [6.07, 6.45) is 4.66. The van der Waals surface area contributed by atoms with Gasteiger partial charge in [0.1, 0.15) is 5.75 Å². The maximum absolute atomic E-state index is 12.0. The van der Waals surface area contributed by atoms with Crippen molar-refractivity contribution in [2.75, 3.05) is 19.7 Å². The van der Waals surface area contributed by atoms with Crippen molar-refractivity contribution in [3.05, 3.63) is 28.8 Å². The number of carbonyl (C=O) groups is 1. The fourth-order valence-corrected chi connectivity index (χ4v) is 3.18. The molecule has 1 aromatic rings. The lowest BCUT2D eigenvalue weighted by atomic mass is 10.0. The molecule has 0 aromatic heterocycles. The van der Waals surface area contributed by atoms with Crippen LogP contribution >= 0.6 is 11.6 Å². The second-order valence-corrected chi connectivity index (χ2v) is 6.56. The minimum Gasteiger partial charge on any atom is -0.482 e. The Morgan fingerprint density at radius 2 is 2.09 bits per heavy atom. The van der Waals surface area contributed by atoms with Gasteiger partial charge < -0.3 is 15.0 Å². The van der Waals surface area contributed by atoms with Gasteiger partial charge in [0.2, 0.25) is 0 Å². The molecule has 1 N–H and O–H groups in total. The Morgan fingerprint density at radius 1 is 1.35 bits per heavy atom. The number of amides is 1. The summed E-state index contributed by atoms with van der Waals surface area (Å²) in [5.74, 6) is 0.291. The van der Waals surface area contributed by atoms with Crippen LogP contribution in [0.25, 0.3) is 0 Å². The Hall–Kier alpha value is -1.77. The Balaban J connectivity index is 1.42. The molecule has 0 unspecified atom stereocenters. The first kappa shape index (κ1) is 16.1. The van der Waals surface area contributed by atoms with E-state index in [1.54, 1.807) is 12.1 Å². The van der Waals surface area contributed by atoms with Crippen LogP contribution in [-0.4, -0.2) is 42.6 Å². The average molecular weight is 334 g/mol. The lowest BCUT2D eigenvalue weighted by Crippen LogP contribution is -2.46. The number of hydrogen-bond acceptors (Lipinski definition) is 4. The van der Waals surface area contributed by atoms with Crippen LogP contribution in [-0.2, 0) is 4.79 Å². The highest BCUT2D eigenvalue weighted by Crippen LogP contribution is 2.29.